The van der Waals surface area contributed by atoms with E-state index < -0.39 is 11.9 Å². The molecule has 0 aromatic carbocycles. The van der Waals surface area contributed by atoms with Gasteiger partial charge in [0.25, 0.3) is 0 Å². The van der Waals surface area contributed by atoms with Gasteiger partial charge in [0.1, 0.15) is 0 Å². The van der Waals surface area contributed by atoms with Gasteiger partial charge in [0, 0.05) is 25.0 Å². The highest BCUT2D eigenvalue weighted by Crippen LogP contribution is 2.24. The SMILES string of the molecule is O=C(CC1COCCN1)NC1CCCCC1C(=O)O. The first kappa shape index (κ1) is 14.3. The maximum absolute atomic E-state index is 11.9. The van der Waals surface area contributed by atoms with Crippen LogP contribution in [0, 0.1) is 5.92 Å². The molecule has 6 nitrogen and oxygen atoms in total. The Labute approximate surface area is 112 Å². The molecule has 1 aliphatic carbocycles. The second kappa shape index (κ2) is 6.86. The van der Waals surface area contributed by atoms with Crippen molar-refractivity contribution in [3.8, 4) is 0 Å². The first-order valence-electron chi connectivity index (χ1n) is 7.00. The van der Waals surface area contributed by atoms with Gasteiger partial charge in [-0.2, -0.15) is 0 Å². The molecular formula is C13H22N2O4. The van der Waals surface area contributed by atoms with E-state index in [1.54, 1.807) is 0 Å². The van der Waals surface area contributed by atoms with E-state index in [0.29, 0.717) is 26.1 Å². The van der Waals surface area contributed by atoms with E-state index in [1.807, 2.05) is 0 Å². The maximum Gasteiger partial charge on any atom is 0.308 e. The first-order chi connectivity index (χ1) is 9.16. The van der Waals surface area contributed by atoms with Gasteiger partial charge >= 0.3 is 5.97 Å². The number of carbonyl (C=O) groups excluding carboxylic acids is 1. The molecule has 1 heterocycles. The van der Waals surface area contributed by atoms with Crippen LogP contribution in [0.1, 0.15) is 32.1 Å². The lowest BCUT2D eigenvalue weighted by atomic mass is 9.84. The minimum absolute atomic E-state index is 0.0422. The molecule has 1 amide bonds. The topological polar surface area (TPSA) is 87.7 Å². The molecular weight excluding hydrogens is 248 g/mol. The fourth-order valence-corrected chi connectivity index (χ4v) is 2.84. The van der Waals surface area contributed by atoms with Crippen LogP contribution in [0.15, 0.2) is 0 Å². The van der Waals surface area contributed by atoms with Gasteiger partial charge in [-0.25, -0.2) is 0 Å². The zero-order valence-electron chi connectivity index (χ0n) is 11.1. The number of amides is 1. The van der Waals surface area contributed by atoms with E-state index in [0.717, 1.165) is 25.8 Å². The van der Waals surface area contributed by atoms with Crippen LogP contribution in [0.3, 0.4) is 0 Å². The zero-order chi connectivity index (χ0) is 13.7. The standard InChI is InChI=1S/C13H22N2O4/c16-12(7-9-8-19-6-5-14-9)15-11-4-2-1-3-10(11)13(17)18/h9-11,14H,1-8H2,(H,15,16)(H,17,18). The van der Waals surface area contributed by atoms with Crippen LogP contribution in [0.2, 0.25) is 0 Å². The molecule has 108 valence electrons. The predicted molar refractivity (Wildman–Crippen MR) is 68.8 cm³/mol. The van der Waals surface area contributed by atoms with Crippen molar-refractivity contribution in [1.29, 1.82) is 0 Å². The molecule has 0 radical (unpaired) electrons. The van der Waals surface area contributed by atoms with Crippen LogP contribution in [-0.2, 0) is 14.3 Å². The zero-order valence-corrected chi connectivity index (χ0v) is 11.1. The van der Waals surface area contributed by atoms with Crippen molar-refractivity contribution in [2.75, 3.05) is 19.8 Å². The number of morpholine rings is 1. The molecule has 3 N–H and O–H groups in total. The lowest BCUT2D eigenvalue weighted by Gasteiger charge is -2.30. The van der Waals surface area contributed by atoms with Crippen molar-refractivity contribution >= 4 is 11.9 Å². The van der Waals surface area contributed by atoms with Crippen LogP contribution in [0.25, 0.3) is 0 Å². The summed E-state index contributed by atoms with van der Waals surface area (Å²) in [6.45, 7) is 1.99. The average molecular weight is 270 g/mol. The molecule has 0 aromatic heterocycles. The van der Waals surface area contributed by atoms with Crippen LogP contribution in [0.5, 0.6) is 0 Å². The lowest BCUT2D eigenvalue weighted by Crippen LogP contribution is -2.49. The molecule has 2 rings (SSSR count). The molecule has 2 aliphatic rings. The van der Waals surface area contributed by atoms with E-state index in [9.17, 15) is 9.59 Å². The quantitative estimate of drug-likeness (QED) is 0.675. The monoisotopic (exact) mass is 270 g/mol. The van der Waals surface area contributed by atoms with Gasteiger partial charge in [-0.3, -0.25) is 9.59 Å². The summed E-state index contributed by atoms with van der Waals surface area (Å²) in [5.41, 5.74) is 0. The molecule has 0 bridgehead atoms. The van der Waals surface area contributed by atoms with Gasteiger partial charge in [-0.05, 0) is 12.8 Å². The second-order valence-electron chi connectivity index (χ2n) is 5.33. The van der Waals surface area contributed by atoms with Crippen molar-refractivity contribution in [3.05, 3.63) is 0 Å². The fraction of sp³-hybridized carbons (Fsp3) is 0.846. The third-order valence-electron chi connectivity index (χ3n) is 3.86. The number of carboxylic acids is 1. The third kappa shape index (κ3) is 4.18. The lowest BCUT2D eigenvalue weighted by molar-refractivity contribution is -0.144. The fourth-order valence-electron chi connectivity index (χ4n) is 2.84. The Hall–Kier alpha value is -1.14. The minimum atomic E-state index is -0.802. The molecule has 1 saturated heterocycles. The Morgan fingerprint density at radius 2 is 2.11 bits per heavy atom. The Morgan fingerprint density at radius 3 is 2.79 bits per heavy atom. The van der Waals surface area contributed by atoms with Gasteiger partial charge in [0.15, 0.2) is 0 Å². The molecule has 0 aromatic rings. The molecule has 1 aliphatic heterocycles. The molecule has 3 atom stereocenters. The van der Waals surface area contributed by atoms with Gasteiger partial charge in [-0.15, -0.1) is 0 Å². The van der Waals surface area contributed by atoms with E-state index >= 15 is 0 Å². The molecule has 3 unspecified atom stereocenters. The number of nitrogens with one attached hydrogen (secondary N) is 2. The highest BCUT2D eigenvalue weighted by molar-refractivity contribution is 5.78. The summed E-state index contributed by atoms with van der Waals surface area (Å²) in [6, 6.07) is -0.177. The van der Waals surface area contributed by atoms with Gasteiger partial charge in [0.05, 0.1) is 19.1 Å². The summed E-state index contributed by atoms with van der Waals surface area (Å²) in [4.78, 5) is 23.1. The minimum Gasteiger partial charge on any atom is -0.481 e. The van der Waals surface area contributed by atoms with Gasteiger partial charge in [-0.1, -0.05) is 12.8 Å². The van der Waals surface area contributed by atoms with E-state index in [1.165, 1.54) is 0 Å². The normalized spacial score (nSPS) is 31.7. The second-order valence-corrected chi connectivity index (χ2v) is 5.33. The van der Waals surface area contributed by atoms with Crippen molar-refractivity contribution in [2.45, 2.75) is 44.2 Å². The molecule has 19 heavy (non-hydrogen) atoms. The van der Waals surface area contributed by atoms with Gasteiger partial charge < -0.3 is 20.5 Å². The Kier molecular flexibility index (Phi) is 5.15. The summed E-state index contributed by atoms with van der Waals surface area (Å²) in [5, 5.41) is 15.3. The Bertz CT molecular complexity index is 329. The van der Waals surface area contributed by atoms with Crippen molar-refractivity contribution in [1.82, 2.24) is 10.6 Å². The third-order valence-corrected chi connectivity index (χ3v) is 3.86. The molecule has 1 saturated carbocycles. The van der Waals surface area contributed by atoms with Crippen LogP contribution in [0.4, 0.5) is 0 Å². The Morgan fingerprint density at radius 1 is 1.32 bits per heavy atom. The highest BCUT2D eigenvalue weighted by Gasteiger charge is 2.32. The van der Waals surface area contributed by atoms with Crippen LogP contribution >= 0.6 is 0 Å². The summed E-state index contributed by atoms with van der Waals surface area (Å²) in [5.74, 6) is -1.32. The van der Waals surface area contributed by atoms with E-state index in [4.69, 9.17) is 9.84 Å². The molecule has 6 heteroatoms. The van der Waals surface area contributed by atoms with Crippen molar-refractivity contribution < 1.29 is 19.4 Å². The van der Waals surface area contributed by atoms with E-state index in [-0.39, 0.29) is 18.0 Å². The summed E-state index contributed by atoms with van der Waals surface area (Å²) >= 11 is 0. The molecule has 0 spiro atoms. The van der Waals surface area contributed by atoms with Crippen molar-refractivity contribution in [2.24, 2.45) is 5.92 Å². The average Bonchev–Trinajstić information content (AvgIpc) is 2.40. The predicted octanol–water partition coefficient (Wildman–Crippen LogP) is 0.125. The van der Waals surface area contributed by atoms with Crippen LogP contribution < -0.4 is 10.6 Å². The number of hydrogen-bond donors (Lipinski definition) is 3. The number of carboxylic acid groups (broad SMARTS) is 1. The smallest absolute Gasteiger partial charge is 0.308 e. The first-order valence-corrected chi connectivity index (χ1v) is 7.00. The van der Waals surface area contributed by atoms with E-state index in [2.05, 4.69) is 10.6 Å². The number of ether oxygens (including phenoxy) is 1. The maximum atomic E-state index is 11.9. The number of rotatable bonds is 4. The Balaban J connectivity index is 1.80. The summed E-state index contributed by atoms with van der Waals surface area (Å²) in [6.07, 6.45) is 3.69. The summed E-state index contributed by atoms with van der Waals surface area (Å²) < 4.78 is 5.30. The number of hydrogen-bond acceptors (Lipinski definition) is 4. The summed E-state index contributed by atoms with van der Waals surface area (Å²) in [7, 11) is 0. The van der Waals surface area contributed by atoms with Crippen molar-refractivity contribution in [3.63, 3.8) is 0 Å². The molecule has 2 fully saturated rings. The van der Waals surface area contributed by atoms with Gasteiger partial charge in [0.2, 0.25) is 5.91 Å². The number of aliphatic carboxylic acids is 1. The van der Waals surface area contributed by atoms with Crippen LogP contribution in [-0.4, -0.2) is 48.8 Å². The number of carbonyl (C=O) groups is 2. The largest absolute Gasteiger partial charge is 0.481 e. The highest BCUT2D eigenvalue weighted by atomic mass is 16.5.